The first-order chi connectivity index (χ1) is 6.88. The van der Waals surface area contributed by atoms with Crippen molar-refractivity contribution < 1.29 is 5.48 Å². The molecule has 0 bridgehead atoms. The molecule has 0 saturated heterocycles. The van der Waals surface area contributed by atoms with Crippen LogP contribution in [0.15, 0.2) is 0 Å². The summed E-state index contributed by atoms with van der Waals surface area (Å²) in [5.41, 5.74) is 0. The van der Waals surface area contributed by atoms with Crippen LogP contribution in [0.5, 0.6) is 0 Å². The Morgan fingerprint density at radius 2 is 1.00 bits per heavy atom. The summed E-state index contributed by atoms with van der Waals surface area (Å²) < 4.78 is 0. The average molecular weight is 213 g/mol. The maximum absolute atomic E-state index is 2.72. The topological polar surface area (TPSA) is 34.7 Å². The zero-order valence-electron chi connectivity index (χ0n) is 10.2. The van der Waals surface area contributed by atoms with Crippen molar-refractivity contribution in [1.29, 1.82) is 0 Å². The van der Waals surface area contributed by atoms with Crippen LogP contribution in [0.1, 0.15) is 64.2 Å². The lowest BCUT2D eigenvalue weighted by Crippen LogP contribution is -2.42. The minimum atomic E-state index is 0. The summed E-state index contributed by atoms with van der Waals surface area (Å²) in [4.78, 5) is 2.72. The Labute approximate surface area is 94.3 Å². The maximum atomic E-state index is 2.72. The minimum Gasteiger partial charge on any atom is -0.412 e. The van der Waals surface area contributed by atoms with Gasteiger partial charge >= 0.3 is 0 Å². The molecule has 0 spiro atoms. The summed E-state index contributed by atoms with van der Waals surface area (Å²) >= 11 is 0. The Kier molecular flexibility index (Phi) is 5.62. The zero-order valence-corrected chi connectivity index (χ0v) is 10.2. The van der Waals surface area contributed by atoms with Gasteiger partial charge in [0.15, 0.2) is 0 Å². The van der Waals surface area contributed by atoms with Crippen LogP contribution in [0.3, 0.4) is 0 Å². The highest BCUT2D eigenvalue weighted by Gasteiger charge is 2.25. The first-order valence-electron chi connectivity index (χ1n) is 6.60. The molecule has 90 valence electrons. The van der Waals surface area contributed by atoms with Crippen molar-refractivity contribution in [2.24, 2.45) is 0 Å². The van der Waals surface area contributed by atoms with Gasteiger partial charge in [0.25, 0.3) is 0 Å². The summed E-state index contributed by atoms with van der Waals surface area (Å²) in [5.74, 6) is 0. The van der Waals surface area contributed by atoms with Crippen molar-refractivity contribution >= 4 is 0 Å². The predicted octanol–water partition coefficient (Wildman–Crippen LogP) is 2.76. The Hall–Kier alpha value is -0.0800. The highest BCUT2D eigenvalue weighted by Crippen LogP contribution is 2.28. The van der Waals surface area contributed by atoms with Gasteiger partial charge in [-0.15, -0.1) is 0 Å². The third-order valence-corrected chi connectivity index (χ3v) is 4.30. The molecular formula is C13H27NO. The molecule has 0 aliphatic heterocycles. The molecule has 0 atom stereocenters. The van der Waals surface area contributed by atoms with E-state index in [9.17, 15) is 0 Å². The summed E-state index contributed by atoms with van der Waals surface area (Å²) in [6.07, 6.45) is 14.7. The second kappa shape index (κ2) is 6.49. The molecule has 0 unspecified atom stereocenters. The Bertz CT molecular complexity index is 142. The van der Waals surface area contributed by atoms with Crippen LogP contribution >= 0.6 is 0 Å². The number of rotatable bonds is 2. The zero-order chi connectivity index (χ0) is 9.80. The first-order valence-corrected chi connectivity index (χ1v) is 6.60. The second-order valence-corrected chi connectivity index (χ2v) is 5.25. The van der Waals surface area contributed by atoms with Crippen molar-refractivity contribution in [3.8, 4) is 0 Å². The van der Waals surface area contributed by atoms with Gasteiger partial charge in [-0.2, -0.15) is 0 Å². The molecular weight excluding hydrogens is 186 g/mol. The molecule has 0 radical (unpaired) electrons. The monoisotopic (exact) mass is 213 g/mol. The molecule has 2 fully saturated rings. The van der Waals surface area contributed by atoms with Crippen molar-refractivity contribution in [3.05, 3.63) is 0 Å². The molecule has 0 aromatic heterocycles. The Morgan fingerprint density at radius 1 is 0.667 bits per heavy atom. The van der Waals surface area contributed by atoms with Crippen molar-refractivity contribution in [2.75, 3.05) is 7.05 Å². The van der Waals surface area contributed by atoms with Gasteiger partial charge in [0.05, 0.1) is 0 Å². The largest absolute Gasteiger partial charge is 0.412 e. The van der Waals surface area contributed by atoms with E-state index >= 15 is 0 Å². The molecule has 2 aliphatic carbocycles. The molecule has 2 rings (SSSR count). The maximum Gasteiger partial charge on any atom is 0.00951 e. The van der Waals surface area contributed by atoms with E-state index in [-0.39, 0.29) is 5.48 Å². The fraction of sp³-hybridized carbons (Fsp3) is 1.00. The predicted molar refractivity (Wildman–Crippen MR) is 65.1 cm³/mol. The van der Waals surface area contributed by atoms with Crippen LogP contribution in [0, 0.1) is 0 Å². The highest BCUT2D eigenvalue weighted by atomic mass is 16.0. The van der Waals surface area contributed by atoms with E-state index in [0.717, 1.165) is 12.1 Å². The van der Waals surface area contributed by atoms with Gasteiger partial charge in [-0.05, 0) is 32.7 Å². The first kappa shape index (κ1) is 13.0. The van der Waals surface area contributed by atoms with Crippen molar-refractivity contribution in [3.63, 3.8) is 0 Å². The molecule has 0 aromatic rings. The van der Waals surface area contributed by atoms with E-state index in [0.29, 0.717) is 0 Å². The van der Waals surface area contributed by atoms with Crippen LogP contribution < -0.4 is 0 Å². The van der Waals surface area contributed by atoms with E-state index in [1.165, 1.54) is 64.2 Å². The molecule has 0 amide bonds. The molecule has 2 saturated carbocycles. The fourth-order valence-corrected chi connectivity index (χ4v) is 3.27. The molecule has 2 nitrogen and oxygen atoms in total. The number of hydrogen-bond donors (Lipinski definition) is 0. The molecule has 2 heteroatoms. The average Bonchev–Trinajstić information content (AvgIpc) is 2.30. The molecule has 2 aliphatic rings. The van der Waals surface area contributed by atoms with E-state index < -0.39 is 0 Å². The van der Waals surface area contributed by atoms with Crippen LogP contribution in [0.25, 0.3) is 0 Å². The third-order valence-electron chi connectivity index (χ3n) is 4.30. The van der Waals surface area contributed by atoms with Gasteiger partial charge in [0, 0.05) is 12.1 Å². The van der Waals surface area contributed by atoms with Crippen LogP contribution in [-0.2, 0) is 0 Å². The fourth-order valence-electron chi connectivity index (χ4n) is 3.27. The Morgan fingerprint density at radius 3 is 1.33 bits per heavy atom. The quantitative estimate of drug-likeness (QED) is 0.694. The Balaban J connectivity index is 0.00000112. The third kappa shape index (κ3) is 3.46. The molecule has 0 aromatic carbocycles. The van der Waals surface area contributed by atoms with Crippen LogP contribution in [0.4, 0.5) is 0 Å². The minimum absolute atomic E-state index is 0. The van der Waals surface area contributed by atoms with Gasteiger partial charge in [0.1, 0.15) is 0 Å². The highest BCUT2D eigenvalue weighted by molar-refractivity contribution is 4.81. The molecule has 15 heavy (non-hydrogen) atoms. The SMILES string of the molecule is CN(C1CCCCC1)C1CCCCC1.O. The summed E-state index contributed by atoms with van der Waals surface area (Å²) in [5, 5.41) is 0. The smallest absolute Gasteiger partial charge is 0.00951 e. The van der Waals surface area contributed by atoms with Crippen molar-refractivity contribution in [1.82, 2.24) is 4.90 Å². The van der Waals surface area contributed by atoms with E-state index in [2.05, 4.69) is 11.9 Å². The summed E-state index contributed by atoms with van der Waals surface area (Å²) in [6, 6.07) is 1.85. The lowest BCUT2D eigenvalue weighted by atomic mass is 9.89. The normalized spacial score (nSPS) is 25.2. The lowest BCUT2D eigenvalue weighted by Gasteiger charge is -2.39. The van der Waals surface area contributed by atoms with Gasteiger partial charge < -0.3 is 10.4 Å². The van der Waals surface area contributed by atoms with E-state index in [4.69, 9.17) is 0 Å². The standard InChI is InChI=1S/C13H25N.H2O/c1-14(12-8-4-2-5-9-12)13-10-6-3-7-11-13;/h12-13H,2-11H2,1H3;1H2. The van der Waals surface area contributed by atoms with Gasteiger partial charge in [-0.25, -0.2) is 0 Å². The molecule has 0 heterocycles. The van der Waals surface area contributed by atoms with Gasteiger partial charge in [-0.3, -0.25) is 0 Å². The molecule has 2 N–H and O–H groups in total. The number of hydrogen-bond acceptors (Lipinski definition) is 1. The number of nitrogens with zero attached hydrogens (tertiary/aromatic N) is 1. The van der Waals surface area contributed by atoms with Crippen LogP contribution in [0.2, 0.25) is 0 Å². The summed E-state index contributed by atoms with van der Waals surface area (Å²) in [6.45, 7) is 0. The van der Waals surface area contributed by atoms with Crippen molar-refractivity contribution in [2.45, 2.75) is 76.3 Å². The van der Waals surface area contributed by atoms with Gasteiger partial charge in [0.2, 0.25) is 0 Å². The van der Waals surface area contributed by atoms with E-state index in [1.807, 2.05) is 0 Å². The van der Waals surface area contributed by atoms with Gasteiger partial charge in [-0.1, -0.05) is 38.5 Å². The summed E-state index contributed by atoms with van der Waals surface area (Å²) in [7, 11) is 2.38. The lowest BCUT2D eigenvalue weighted by molar-refractivity contribution is 0.111. The van der Waals surface area contributed by atoms with E-state index in [1.54, 1.807) is 0 Å². The van der Waals surface area contributed by atoms with Crippen LogP contribution in [-0.4, -0.2) is 29.5 Å². The second-order valence-electron chi connectivity index (χ2n) is 5.25.